The summed E-state index contributed by atoms with van der Waals surface area (Å²) >= 11 is 5.02. The van der Waals surface area contributed by atoms with Crippen LogP contribution in [0.25, 0.3) is 0 Å². The van der Waals surface area contributed by atoms with Crippen LogP contribution in [0, 0.1) is 13.8 Å². The molecule has 0 heterocycles. The van der Waals surface area contributed by atoms with E-state index in [9.17, 15) is 4.79 Å². The lowest BCUT2D eigenvalue weighted by Crippen LogP contribution is -2.22. The Kier molecular flexibility index (Phi) is 5.48. The predicted molar refractivity (Wildman–Crippen MR) is 94.0 cm³/mol. The van der Waals surface area contributed by atoms with Gasteiger partial charge in [0.15, 0.2) is 0 Å². The van der Waals surface area contributed by atoms with Gasteiger partial charge in [0.1, 0.15) is 0 Å². The average Bonchev–Trinajstić information content (AvgIpc) is 2.45. The number of thioether (sulfide) groups is 1. The third-order valence-corrected chi connectivity index (χ3v) is 5.13. The maximum absolute atomic E-state index is 12.2. The molecule has 110 valence electrons. The molecule has 0 bridgehead atoms. The van der Waals surface area contributed by atoms with E-state index in [-0.39, 0.29) is 11.2 Å². The molecule has 1 atom stereocenters. The van der Waals surface area contributed by atoms with Gasteiger partial charge in [-0.05, 0) is 56.7 Å². The molecule has 0 radical (unpaired) electrons. The Morgan fingerprint density at radius 3 is 2.43 bits per heavy atom. The van der Waals surface area contributed by atoms with Crippen LogP contribution in [0.5, 0.6) is 0 Å². The van der Waals surface area contributed by atoms with Crippen LogP contribution >= 0.6 is 27.7 Å². The third kappa shape index (κ3) is 4.61. The second kappa shape index (κ2) is 7.14. The summed E-state index contributed by atoms with van der Waals surface area (Å²) in [6.45, 7) is 5.98. The molecule has 2 aromatic carbocycles. The maximum atomic E-state index is 12.2. The van der Waals surface area contributed by atoms with Crippen molar-refractivity contribution in [3.63, 3.8) is 0 Å². The van der Waals surface area contributed by atoms with Crippen molar-refractivity contribution in [1.29, 1.82) is 0 Å². The van der Waals surface area contributed by atoms with E-state index in [4.69, 9.17) is 0 Å². The molecule has 2 aromatic rings. The van der Waals surface area contributed by atoms with Crippen molar-refractivity contribution in [3.8, 4) is 0 Å². The lowest BCUT2D eigenvalue weighted by Gasteiger charge is -2.13. The molecule has 0 saturated carbocycles. The van der Waals surface area contributed by atoms with Gasteiger partial charge < -0.3 is 5.32 Å². The van der Waals surface area contributed by atoms with Crippen molar-refractivity contribution in [2.24, 2.45) is 0 Å². The van der Waals surface area contributed by atoms with E-state index < -0.39 is 0 Å². The van der Waals surface area contributed by atoms with Gasteiger partial charge in [0.2, 0.25) is 5.91 Å². The van der Waals surface area contributed by atoms with Gasteiger partial charge >= 0.3 is 0 Å². The Morgan fingerprint density at radius 1 is 1.14 bits per heavy atom. The molecule has 0 aliphatic heterocycles. The monoisotopic (exact) mass is 363 g/mol. The Morgan fingerprint density at radius 2 is 1.81 bits per heavy atom. The Hall–Kier alpha value is -1.26. The second-order valence-corrected chi connectivity index (χ2v) is 7.29. The van der Waals surface area contributed by atoms with Gasteiger partial charge in [-0.25, -0.2) is 0 Å². The number of nitrogens with one attached hydrogen (secondary N) is 1. The lowest BCUT2D eigenvalue weighted by molar-refractivity contribution is -0.115. The van der Waals surface area contributed by atoms with Gasteiger partial charge in [-0.3, -0.25) is 4.79 Å². The highest BCUT2D eigenvalue weighted by atomic mass is 79.9. The molecule has 2 rings (SSSR count). The van der Waals surface area contributed by atoms with Gasteiger partial charge in [-0.15, -0.1) is 11.8 Å². The molecule has 0 aliphatic carbocycles. The molecule has 0 fully saturated rings. The smallest absolute Gasteiger partial charge is 0.237 e. The number of carbonyl (C=O) groups excluding carboxylic acids is 1. The zero-order valence-corrected chi connectivity index (χ0v) is 14.7. The SMILES string of the molecule is Cc1ccc(S[C@H](C)C(=O)Nc2ccc(Br)c(C)c2)cc1. The fourth-order valence-corrected chi connectivity index (χ4v) is 2.95. The summed E-state index contributed by atoms with van der Waals surface area (Å²) < 4.78 is 1.04. The zero-order chi connectivity index (χ0) is 15.4. The van der Waals surface area contributed by atoms with Crippen molar-refractivity contribution in [1.82, 2.24) is 0 Å². The van der Waals surface area contributed by atoms with Gasteiger partial charge in [0, 0.05) is 15.1 Å². The Bertz CT molecular complexity index is 640. The van der Waals surface area contributed by atoms with E-state index in [0.29, 0.717) is 0 Å². The van der Waals surface area contributed by atoms with Crippen molar-refractivity contribution in [2.45, 2.75) is 30.9 Å². The minimum atomic E-state index is -0.142. The van der Waals surface area contributed by atoms with Crippen LogP contribution in [0.2, 0.25) is 0 Å². The first-order valence-corrected chi connectivity index (χ1v) is 8.43. The number of anilines is 1. The van der Waals surface area contributed by atoms with Crippen LogP contribution in [-0.4, -0.2) is 11.2 Å². The lowest BCUT2D eigenvalue weighted by atomic mass is 10.2. The zero-order valence-electron chi connectivity index (χ0n) is 12.3. The first kappa shape index (κ1) is 16.1. The summed E-state index contributed by atoms with van der Waals surface area (Å²) in [4.78, 5) is 13.3. The van der Waals surface area contributed by atoms with Crippen LogP contribution in [0.15, 0.2) is 51.8 Å². The molecular formula is C17H18BrNOS. The molecule has 0 saturated heterocycles. The van der Waals surface area contributed by atoms with Crippen molar-refractivity contribution >= 4 is 39.3 Å². The molecule has 21 heavy (non-hydrogen) atoms. The van der Waals surface area contributed by atoms with E-state index >= 15 is 0 Å². The highest BCUT2D eigenvalue weighted by Crippen LogP contribution is 2.25. The van der Waals surface area contributed by atoms with Crippen LogP contribution in [-0.2, 0) is 4.79 Å². The van der Waals surface area contributed by atoms with Crippen LogP contribution in [0.1, 0.15) is 18.1 Å². The predicted octanol–water partition coefficient (Wildman–Crippen LogP) is 5.19. The number of hydrogen-bond donors (Lipinski definition) is 1. The summed E-state index contributed by atoms with van der Waals surface area (Å²) in [6, 6.07) is 14.0. The molecular weight excluding hydrogens is 346 g/mol. The Labute approximate surface area is 138 Å². The molecule has 2 nitrogen and oxygen atoms in total. The van der Waals surface area contributed by atoms with Gasteiger partial charge in [-0.1, -0.05) is 33.6 Å². The van der Waals surface area contributed by atoms with Gasteiger partial charge in [0.05, 0.1) is 5.25 Å². The number of amides is 1. The van der Waals surface area contributed by atoms with Crippen LogP contribution in [0.4, 0.5) is 5.69 Å². The third-order valence-electron chi connectivity index (χ3n) is 3.13. The fraction of sp³-hybridized carbons (Fsp3) is 0.235. The first-order chi connectivity index (χ1) is 9.95. The van der Waals surface area contributed by atoms with E-state index in [2.05, 4.69) is 40.3 Å². The summed E-state index contributed by atoms with van der Waals surface area (Å²) in [6.07, 6.45) is 0. The van der Waals surface area contributed by atoms with E-state index in [0.717, 1.165) is 20.6 Å². The fourth-order valence-electron chi connectivity index (χ4n) is 1.84. The van der Waals surface area contributed by atoms with Crippen molar-refractivity contribution in [3.05, 3.63) is 58.1 Å². The molecule has 0 spiro atoms. The average molecular weight is 364 g/mol. The minimum absolute atomic E-state index is 0.0160. The topological polar surface area (TPSA) is 29.1 Å². The summed E-state index contributed by atoms with van der Waals surface area (Å²) in [7, 11) is 0. The molecule has 0 aromatic heterocycles. The molecule has 4 heteroatoms. The molecule has 1 amide bonds. The number of halogens is 1. The van der Waals surface area contributed by atoms with E-state index in [1.807, 2.05) is 44.2 Å². The largest absolute Gasteiger partial charge is 0.325 e. The standard InChI is InChI=1S/C17H18BrNOS/c1-11-4-7-15(8-5-11)21-13(3)17(20)19-14-6-9-16(18)12(2)10-14/h4-10,13H,1-3H3,(H,19,20)/t13-/m1/s1. The number of aryl methyl sites for hydroxylation is 2. The number of rotatable bonds is 4. The van der Waals surface area contributed by atoms with Crippen LogP contribution < -0.4 is 5.32 Å². The molecule has 0 unspecified atom stereocenters. The van der Waals surface area contributed by atoms with Gasteiger partial charge in [-0.2, -0.15) is 0 Å². The summed E-state index contributed by atoms with van der Waals surface area (Å²) in [5, 5.41) is 2.82. The number of benzene rings is 2. The highest BCUT2D eigenvalue weighted by molar-refractivity contribution is 9.10. The van der Waals surface area contributed by atoms with Crippen LogP contribution in [0.3, 0.4) is 0 Å². The highest BCUT2D eigenvalue weighted by Gasteiger charge is 2.14. The molecule has 1 N–H and O–H groups in total. The minimum Gasteiger partial charge on any atom is -0.325 e. The van der Waals surface area contributed by atoms with Crippen molar-refractivity contribution in [2.75, 3.05) is 5.32 Å². The molecule has 0 aliphatic rings. The Balaban J connectivity index is 1.98. The van der Waals surface area contributed by atoms with Crippen molar-refractivity contribution < 1.29 is 4.79 Å². The summed E-state index contributed by atoms with van der Waals surface area (Å²) in [5.74, 6) is 0.0160. The normalized spacial score (nSPS) is 12.0. The second-order valence-electron chi connectivity index (χ2n) is 5.03. The van der Waals surface area contributed by atoms with E-state index in [1.165, 1.54) is 5.56 Å². The number of carbonyl (C=O) groups is 1. The van der Waals surface area contributed by atoms with Gasteiger partial charge in [0.25, 0.3) is 0 Å². The number of hydrogen-bond acceptors (Lipinski definition) is 2. The van der Waals surface area contributed by atoms with E-state index in [1.54, 1.807) is 11.8 Å². The maximum Gasteiger partial charge on any atom is 0.237 e. The first-order valence-electron chi connectivity index (χ1n) is 6.76. The summed E-state index contributed by atoms with van der Waals surface area (Å²) in [5.41, 5.74) is 3.16. The quantitative estimate of drug-likeness (QED) is 0.757.